The smallest absolute Gasteiger partial charge is 0.242 e. The first-order valence-electron chi connectivity index (χ1n) is 11.5. The number of aromatic hydroxyl groups is 1. The molecule has 0 aliphatic heterocycles. The molecule has 0 saturated heterocycles. The number of phenols is 1. The Morgan fingerprint density at radius 1 is 0.935 bits per heavy atom. The lowest BCUT2D eigenvalue weighted by Gasteiger charge is -2.19. The molecule has 31 heavy (non-hydrogen) atoms. The molecule has 0 bridgehead atoms. The van der Waals surface area contributed by atoms with Crippen LogP contribution in [0, 0.1) is 0 Å². The van der Waals surface area contributed by atoms with Crippen LogP contribution in [-0.4, -0.2) is 62.2 Å². The van der Waals surface area contributed by atoms with E-state index in [1.165, 1.54) is 0 Å². The third-order valence-electron chi connectivity index (χ3n) is 4.85. The van der Waals surface area contributed by atoms with Crippen molar-refractivity contribution in [2.75, 3.05) is 39.3 Å². The SMILES string of the molecule is CCCC(=O)N[C@H](Cc1ccc(O)cc1)C(=O)NCCCCNCCCNCCCN. The Hall–Kier alpha value is -2.16. The minimum atomic E-state index is -0.617. The van der Waals surface area contributed by atoms with Gasteiger partial charge in [-0.2, -0.15) is 0 Å². The molecule has 1 atom stereocenters. The van der Waals surface area contributed by atoms with Crippen molar-refractivity contribution in [3.63, 3.8) is 0 Å². The highest BCUT2D eigenvalue weighted by Crippen LogP contribution is 2.11. The van der Waals surface area contributed by atoms with Crippen LogP contribution in [0.2, 0.25) is 0 Å². The van der Waals surface area contributed by atoms with Gasteiger partial charge in [-0.3, -0.25) is 9.59 Å². The fraction of sp³-hybridized carbons (Fsp3) is 0.652. The van der Waals surface area contributed by atoms with Crippen LogP contribution in [0.1, 0.15) is 51.0 Å². The quantitative estimate of drug-likeness (QED) is 0.191. The van der Waals surface area contributed by atoms with Gasteiger partial charge in [0.25, 0.3) is 0 Å². The Balaban J connectivity index is 2.25. The number of rotatable bonds is 18. The van der Waals surface area contributed by atoms with Crippen LogP contribution in [0.3, 0.4) is 0 Å². The first-order chi connectivity index (χ1) is 15.1. The minimum Gasteiger partial charge on any atom is -0.508 e. The maximum atomic E-state index is 12.6. The fourth-order valence-electron chi connectivity index (χ4n) is 3.10. The van der Waals surface area contributed by atoms with Crippen molar-refractivity contribution in [1.82, 2.24) is 21.3 Å². The maximum Gasteiger partial charge on any atom is 0.242 e. The van der Waals surface area contributed by atoms with E-state index in [1.54, 1.807) is 24.3 Å². The van der Waals surface area contributed by atoms with E-state index in [4.69, 9.17) is 5.73 Å². The van der Waals surface area contributed by atoms with Crippen LogP contribution < -0.4 is 27.0 Å². The Labute approximate surface area is 186 Å². The van der Waals surface area contributed by atoms with Crippen LogP contribution in [0.25, 0.3) is 0 Å². The molecular weight excluding hydrogens is 394 g/mol. The number of carbonyl (C=O) groups is 2. The minimum absolute atomic E-state index is 0.122. The maximum absolute atomic E-state index is 12.6. The largest absolute Gasteiger partial charge is 0.508 e. The van der Waals surface area contributed by atoms with Crippen molar-refractivity contribution >= 4 is 11.8 Å². The number of unbranched alkanes of at least 4 members (excludes halogenated alkanes) is 1. The van der Waals surface area contributed by atoms with Crippen molar-refractivity contribution in [2.45, 2.75) is 57.9 Å². The number of nitrogens with two attached hydrogens (primary N) is 1. The van der Waals surface area contributed by atoms with Crippen molar-refractivity contribution in [3.8, 4) is 5.75 Å². The van der Waals surface area contributed by atoms with Gasteiger partial charge in [0.1, 0.15) is 11.8 Å². The van der Waals surface area contributed by atoms with Gasteiger partial charge in [0.05, 0.1) is 0 Å². The molecule has 0 spiro atoms. The Morgan fingerprint density at radius 2 is 1.55 bits per heavy atom. The number of carbonyl (C=O) groups excluding carboxylic acids is 2. The summed E-state index contributed by atoms with van der Waals surface area (Å²) in [6.45, 7) is 7.10. The number of amides is 2. The van der Waals surface area contributed by atoms with E-state index in [0.717, 1.165) is 70.4 Å². The van der Waals surface area contributed by atoms with Crippen molar-refractivity contribution in [1.29, 1.82) is 0 Å². The van der Waals surface area contributed by atoms with Gasteiger partial charge in [0.2, 0.25) is 11.8 Å². The first-order valence-corrected chi connectivity index (χ1v) is 11.5. The molecule has 1 aromatic rings. The summed E-state index contributed by atoms with van der Waals surface area (Å²) in [7, 11) is 0. The van der Waals surface area contributed by atoms with Gasteiger partial charge in [0, 0.05) is 19.4 Å². The standard InChI is InChI=1S/C23H41N5O3/c1-2-7-22(30)28-21(18-19-8-10-20(29)11-9-19)23(31)27-17-4-3-13-25-15-6-16-26-14-5-12-24/h8-11,21,25-26,29H,2-7,12-18,24H2,1H3,(H,27,31)(H,28,30)/t21-/m1/s1. The van der Waals surface area contributed by atoms with E-state index < -0.39 is 6.04 Å². The number of phenolic OH excluding ortho intramolecular Hbond substituents is 1. The zero-order chi connectivity index (χ0) is 22.7. The molecule has 1 aromatic carbocycles. The van der Waals surface area contributed by atoms with Crippen LogP contribution in [-0.2, 0) is 16.0 Å². The highest BCUT2D eigenvalue weighted by molar-refractivity contribution is 5.87. The van der Waals surface area contributed by atoms with E-state index >= 15 is 0 Å². The molecule has 8 nitrogen and oxygen atoms in total. The molecule has 7 N–H and O–H groups in total. The number of hydrogen-bond donors (Lipinski definition) is 6. The van der Waals surface area contributed by atoms with Gasteiger partial charge in [-0.1, -0.05) is 19.1 Å². The number of benzene rings is 1. The van der Waals surface area contributed by atoms with E-state index in [1.807, 2.05) is 6.92 Å². The van der Waals surface area contributed by atoms with E-state index in [2.05, 4.69) is 21.3 Å². The predicted octanol–water partition coefficient (Wildman–Crippen LogP) is 1.03. The van der Waals surface area contributed by atoms with Crippen LogP contribution in [0.5, 0.6) is 5.75 Å². The van der Waals surface area contributed by atoms with Crippen molar-refractivity contribution in [2.24, 2.45) is 5.73 Å². The molecule has 2 amide bonds. The molecule has 0 radical (unpaired) electrons. The van der Waals surface area contributed by atoms with Gasteiger partial charge in [-0.25, -0.2) is 0 Å². The van der Waals surface area contributed by atoms with E-state index in [0.29, 0.717) is 19.4 Å². The third-order valence-corrected chi connectivity index (χ3v) is 4.85. The molecule has 0 heterocycles. The summed E-state index contributed by atoms with van der Waals surface area (Å²) in [5, 5.41) is 22.0. The van der Waals surface area contributed by atoms with Gasteiger partial charge in [-0.05, 0) is 82.5 Å². The summed E-state index contributed by atoms with van der Waals surface area (Å²) in [4.78, 5) is 24.7. The highest BCUT2D eigenvalue weighted by Gasteiger charge is 2.20. The Bertz CT molecular complexity index is 610. The second-order valence-corrected chi connectivity index (χ2v) is 7.73. The molecule has 1 rings (SSSR count). The average molecular weight is 436 g/mol. The lowest BCUT2D eigenvalue weighted by atomic mass is 10.0. The lowest BCUT2D eigenvalue weighted by molar-refractivity contribution is -0.129. The lowest BCUT2D eigenvalue weighted by Crippen LogP contribution is -2.48. The zero-order valence-corrected chi connectivity index (χ0v) is 18.9. The van der Waals surface area contributed by atoms with Crippen LogP contribution in [0.4, 0.5) is 0 Å². The molecule has 0 fully saturated rings. The summed E-state index contributed by atoms with van der Waals surface area (Å²) >= 11 is 0. The van der Waals surface area contributed by atoms with Gasteiger partial charge >= 0.3 is 0 Å². The molecule has 0 aliphatic rings. The summed E-state index contributed by atoms with van der Waals surface area (Å²) in [6.07, 6.45) is 5.47. The van der Waals surface area contributed by atoms with E-state index in [-0.39, 0.29) is 17.6 Å². The summed E-state index contributed by atoms with van der Waals surface area (Å²) in [5.41, 5.74) is 6.34. The average Bonchev–Trinajstić information content (AvgIpc) is 2.75. The predicted molar refractivity (Wildman–Crippen MR) is 125 cm³/mol. The zero-order valence-electron chi connectivity index (χ0n) is 18.9. The molecule has 0 aliphatic carbocycles. The number of hydrogen-bond acceptors (Lipinski definition) is 6. The number of nitrogens with one attached hydrogen (secondary N) is 4. The Kier molecular flexibility index (Phi) is 15.2. The second-order valence-electron chi connectivity index (χ2n) is 7.73. The van der Waals surface area contributed by atoms with Gasteiger partial charge in [0.15, 0.2) is 0 Å². The summed E-state index contributed by atoms with van der Waals surface area (Å²) < 4.78 is 0. The fourth-order valence-corrected chi connectivity index (χ4v) is 3.10. The first kappa shape index (κ1) is 26.9. The normalized spacial score (nSPS) is 11.8. The summed E-state index contributed by atoms with van der Waals surface area (Å²) in [6, 6.07) is 6.08. The van der Waals surface area contributed by atoms with Crippen LogP contribution in [0.15, 0.2) is 24.3 Å². The van der Waals surface area contributed by atoms with Crippen LogP contribution >= 0.6 is 0 Å². The van der Waals surface area contributed by atoms with Crippen molar-refractivity contribution < 1.29 is 14.7 Å². The summed E-state index contributed by atoms with van der Waals surface area (Å²) in [5.74, 6) is -0.117. The van der Waals surface area contributed by atoms with Gasteiger partial charge in [-0.15, -0.1) is 0 Å². The van der Waals surface area contributed by atoms with Gasteiger partial charge < -0.3 is 32.1 Å². The molecule has 0 aromatic heterocycles. The monoisotopic (exact) mass is 435 g/mol. The molecule has 0 unspecified atom stereocenters. The second kappa shape index (κ2) is 17.5. The molecule has 0 saturated carbocycles. The molecular formula is C23H41N5O3. The topological polar surface area (TPSA) is 129 Å². The third kappa shape index (κ3) is 13.7. The van der Waals surface area contributed by atoms with E-state index in [9.17, 15) is 14.7 Å². The highest BCUT2D eigenvalue weighted by atomic mass is 16.3. The Morgan fingerprint density at radius 3 is 2.19 bits per heavy atom. The molecule has 8 heteroatoms. The van der Waals surface area contributed by atoms with Crippen molar-refractivity contribution in [3.05, 3.63) is 29.8 Å². The molecule has 176 valence electrons.